The topological polar surface area (TPSA) is 54.3 Å². The molecule has 0 bridgehead atoms. The molecule has 0 radical (unpaired) electrons. The van der Waals surface area contributed by atoms with Crippen molar-refractivity contribution in [3.05, 3.63) is 59.2 Å². The standard InChI is InChI=1S/C18H16N2O3/c21-18(10-12-5-6-15-16(9-12)23-11-22-15)14-4-2-1-3-13(14)17-19-7-8-20(17)18/h1-6,9,21H,7-8,10-11H2. The molecule has 0 amide bonds. The molecular weight excluding hydrogens is 292 g/mol. The Bertz CT molecular complexity index is 833. The van der Waals surface area contributed by atoms with Gasteiger partial charge in [-0.15, -0.1) is 0 Å². The van der Waals surface area contributed by atoms with Crippen LogP contribution < -0.4 is 9.47 Å². The zero-order valence-corrected chi connectivity index (χ0v) is 12.5. The fourth-order valence-electron chi connectivity index (χ4n) is 3.74. The van der Waals surface area contributed by atoms with Gasteiger partial charge in [0.25, 0.3) is 0 Å². The largest absolute Gasteiger partial charge is 0.454 e. The number of aliphatic hydroxyl groups is 1. The molecule has 0 saturated heterocycles. The molecule has 0 saturated carbocycles. The van der Waals surface area contributed by atoms with E-state index in [2.05, 4.69) is 4.99 Å². The van der Waals surface area contributed by atoms with Gasteiger partial charge < -0.3 is 19.5 Å². The molecule has 0 aromatic heterocycles. The number of aliphatic imine (C=N–C) groups is 1. The Hall–Kier alpha value is -2.53. The summed E-state index contributed by atoms with van der Waals surface area (Å²) in [5.74, 6) is 2.41. The molecule has 1 atom stereocenters. The summed E-state index contributed by atoms with van der Waals surface area (Å²) < 4.78 is 10.8. The molecule has 3 heterocycles. The summed E-state index contributed by atoms with van der Waals surface area (Å²) in [4.78, 5) is 6.59. The minimum absolute atomic E-state index is 0.259. The number of rotatable bonds is 2. The highest BCUT2D eigenvalue weighted by Gasteiger charge is 2.48. The average Bonchev–Trinajstić information content (AvgIpc) is 3.26. The van der Waals surface area contributed by atoms with E-state index in [9.17, 15) is 5.11 Å². The molecule has 5 heteroatoms. The predicted molar refractivity (Wildman–Crippen MR) is 84.7 cm³/mol. The van der Waals surface area contributed by atoms with Gasteiger partial charge in [-0.25, -0.2) is 0 Å². The number of benzene rings is 2. The van der Waals surface area contributed by atoms with Crippen LogP contribution in [0.5, 0.6) is 11.5 Å². The van der Waals surface area contributed by atoms with Gasteiger partial charge in [-0.1, -0.05) is 30.3 Å². The van der Waals surface area contributed by atoms with Crippen LogP contribution in [-0.2, 0) is 12.1 Å². The Balaban J connectivity index is 1.58. The summed E-state index contributed by atoms with van der Waals surface area (Å²) in [5, 5.41) is 11.5. The third-order valence-corrected chi connectivity index (χ3v) is 4.77. The first-order chi connectivity index (χ1) is 11.3. The summed E-state index contributed by atoms with van der Waals surface area (Å²) in [6.45, 7) is 1.73. The molecule has 116 valence electrons. The summed E-state index contributed by atoms with van der Waals surface area (Å²) >= 11 is 0. The Labute approximate surface area is 133 Å². The smallest absolute Gasteiger partial charge is 0.231 e. The van der Waals surface area contributed by atoms with Gasteiger partial charge in [0.15, 0.2) is 17.2 Å². The highest BCUT2D eigenvalue weighted by atomic mass is 16.7. The van der Waals surface area contributed by atoms with Gasteiger partial charge in [-0.05, 0) is 17.7 Å². The lowest BCUT2D eigenvalue weighted by Gasteiger charge is -2.33. The van der Waals surface area contributed by atoms with Gasteiger partial charge in [0.05, 0.1) is 6.54 Å². The zero-order valence-electron chi connectivity index (χ0n) is 12.5. The van der Waals surface area contributed by atoms with E-state index in [0.717, 1.165) is 47.1 Å². The van der Waals surface area contributed by atoms with E-state index in [-0.39, 0.29) is 6.79 Å². The summed E-state index contributed by atoms with van der Waals surface area (Å²) in [7, 11) is 0. The molecule has 5 nitrogen and oxygen atoms in total. The van der Waals surface area contributed by atoms with Crippen LogP contribution >= 0.6 is 0 Å². The van der Waals surface area contributed by atoms with E-state index in [1.165, 1.54) is 0 Å². The molecule has 2 aromatic rings. The second-order valence-corrected chi connectivity index (χ2v) is 6.08. The van der Waals surface area contributed by atoms with Gasteiger partial charge in [-0.3, -0.25) is 4.99 Å². The van der Waals surface area contributed by atoms with Crippen LogP contribution in [0.2, 0.25) is 0 Å². The number of amidine groups is 1. The second kappa shape index (κ2) is 4.49. The lowest BCUT2D eigenvalue weighted by Crippen LogP contribution is -2.44. The number of nitrogens with zero attached hydrogens (tertiary/aromatic N) is 2. The highest BCUT2D eigenvalue weighted by Crippen LogP contribution is 2.42. The van der Waals surface area contributed by atoms with Crippen LogP contribution in [0.4, 0.5) is 0 Å². The van der Waals surface area contributed by atoms with Gasteiger partial charge in [-0.2, -0.15) is 0 Å². The van der Waals surface area contributed by atoms with Crippen molar-refractivity contribution < 1.29 is 14.6 Å². The number of ether oxygens (including phenoxy) is 2. The van der Waals surface area contributed by atoms with Gasteiger partial charge in [0.1, 0.15) is 5.84 Å². The molecule has 0 fully saturated rings. The van der Waals surface area contributed by atoms with Gasteiger partial charge >= 0.3 is 0 Å². The van der Waals surface area contributed by atoms with Crippen LogP contribution in [0.25, 0.3) is 0 Å². The number of hydrogen-bond donors (Lipinski definition) is 1. The fraction of sp³-hybridized carbons (Fsp3) is 0.278. The molecule has 0 aliphatic carbocycles. The molecular formula is C18H16N2O3. The Morgan fingerprint density at radius 2 is 2.00 bits per heavy atom. The minimum Gasteiger partial charge on any atom is -0.454 e. The third-order valence-electron chi connectivity index (χ3n) is 4.77. The normalized spacial score (nSPS) is 23.7. The predicted octanol–water partition coefficient (Wildman–Crippen LogP) is 1.88. The minimum atomic E-state index is -1.06. The van der Waals surface area contributed by atoms with E-state index in [1.54, 1.807) is 0 Å². The summed E-state index contributed by atoms with van der Waals surface area (Å²) in [6, 6.07) is 13.8. The van der Waals surface area contributed by atoms with Gasteiger partial charge in [0, 0.05) is 24.1 Å². The van der Waals surface area contributed by atoms with Crippen LogP contribution in [0, 0.1) is 0 Å². The van der Waals surface area contributed by atoms with Crippen molar-refractivity contribution in [2.75, 3.05) is 19.9 Å². The monoisotopic (exact) mass is 308 g/mol. The highest BCUT2D eigenvalue weighted by molar-refractivity contribution is 6.04. The van der Waals surface area contributed by atoms with Crippen molar-refractivity contribution in [3.63, 3.8) is 0 Å². The van der Waals surface area contributed by atoms with E-state index in [4.69, 9.17) is 9.47 Å². The van der Waals surface area contributed by atoms with Crippen molar-refractivity contribution in [2.45, 2.75) is 12.1 Å². The average molecular weight is 308 g/mol. The maximum Gasteiger partial charge on any atom is 0.231 e. The Kier molecular flexibility index (Phi) is 2.53. The molecule has 0 spiro atoms. The third kappa shape index (κ3) is 1.74. The molecule has 3 aliphatic heterocycles. The van der Waals surface area contributed by atoms with Crippen LogP contribution in [0.1, 0.15) is 16.7 Å². The number of fused-ring (bicyclic) bond motifs is 4. The van der Waals surface area contributed by atoms with E-state index < -0.39 is 5.72 Å². The first-order valence-electron chi connectivity index (χ1n) is 7.78. The van der Waals surface area contributed by atoms with E-state index in [0.29, 0.717) is 6.42 Å². The van der Waals surface area contributed by atoms with Crippen LogP contribution in [0.15, 0.2) is 47.5 Å². The Morgan fingerprint density at radius 1 is 1.13 bits per heavy atom. The zero-order chi connectivity index (χ0) is 15.4. The van der Waals surface area contributed by atoms with Crippen molar-refractivity contribution in [3.8, 4) is 11.5 Å². The maximum absolute atomic E-state index is 11.5. The maximum atomic E-state index is 11.5. The molecule has 2 aromatic carbocycles. The first kappa shape index (κ1) is 13.0. The quantitative estimate of drug-likeness (QED) is 0.920. The number of hydrogen-bond acceptors (Lipinski definition) is 5. The van der Waals surface area contributed by atoms with Crippen molar-refractivity contribution in [2.24, 2.45) is 4.99 Å². The molecule has 5 rings (SSSR count). The van der Waals surface area contributed by atoms with E-state index in [1.807, 2.05) is 47.4 Å². The lowest BCUT2D eigenvalue weighted by atomic mass is 9.94. The van der Waals surface area contributed by atoms with Gasteiger partial charge in [0.2, 0.25) is 6.79 Å². The van der Waals surface area contributed by atoms with Crippen LogP contribution in [0.3, 0.4) is 0 Å². The summed E-state index contributed by atoms with van der Waals surface area (Å²) in [5.41, 5.74) is 1.92. The SMILES string of the molecule is OC1(Cc2ccc3c(c2)OCO3)c2ccccc2C2=NCCN21. The Morgan fingerprint density at radius 3 is 2.96 bits per heavy atom. The summed E-state index contributed by atoms with van der Waals surface area (Å²) in [6.07, 6.45) is 0.486. The molecule has 1 unspecified atom stereocenters. The van der Waals surface area contributed by atoms with Crippen LogP contribution in [-0.4, -0.2) is 35.7 Å². The van der Waals surface area contributed by atoms with Crippen molar-refractivity contribution in [1.82, 2.24) is 4.90 Å². The fourth-order valence-corrected chi connectivity index (χ4v) is 3.74. The van der Waals surface area contributed by atoms with E-state index >= 15 is 0 Å². The molecule has 1 N–H and O–H groups in total. The first-order valence-corrected chi connectivity index (χ1v) is 7.78. The van der Waals surface area contributed by atoms with Crippen molar-refractivity contribution in [1.29, 1.82) is 0 Å². The van der Waals surface area contributed by atoms with Crippen molar-refractivity contribution >= 4 is 5.84 Å². The second-order valence-electron chi connectivity index (χ2n) is 6.08. The molecule has 3 aliphatic rings. The molecule has 23 heavy (non-hydrogen) atoms. The lowest BCUT2D eigenvalue weighted by molar-refractivity contribution is -0.0637.